The topological polar surface area (TPSA) is 38.5 Å². The highest BCUT2D eigenvalue weighted by Crippen LogP contribution is 2.41. The van der Waals surface area contributed by atoms with E-state index >= 15 is 0 Å². The number of rotatable bonds is 3. The van der Waals surface area contributed by atoms with Gasteiger partial charge in [-0.15, -0.1) is 0 Å². The van der Waals surface area contributed by atoms with E-state index in [-0.39, 0.29) is 0 Å². The van der Waals surface area contributed by atoms with E-state index in [1.54, 1.807) is 0 Å². The summed E-state index contributed by atoms with van der Waals surface area (Å²) in [6.07, 6.45) is 5.84. The van der Waals surface area contributed by atoms with E-state index < -0.39 is 0 Å². The molecule has 1 saturated carbocycles. The molecule has 1 heterocycles. The zero-order chi connectivity index (χ0) is 14.8. The van der Waals surface area contributed by atoms with Gasteiger partial charge in [0, 0.05) is 25.7 Å². The summed E-state index contributed by atoms with van der Waals surface area (Å²) >= 11 is 0. The molecule has 0 spiro atoms. The molecule has 2 fully saturated rings. The highest BCUT2D eigenvalue weighted by molar-refractivity contribution is 4.88. The van der Waals surface area contributed by atoms with Crippen LogP contribution >= 0.6 is 0 Å². The fraction of sp³-hybridized carbons (Fsp3) is 1.00. The van der Waals surface area contributed by atoms with Crippen molar-refractivity contribution in [2.45, 2.75) is 65.5 Å². The van der Waals surface area contributed by atoms with Crippen LogP contribution in [0.25, 0.3) is 0 Å². The van der Waals surface area contributed by atoms with Crippen LogP contribution in [0.15, 0.2) is 0 Å². The van der Waals surface area contributed by atoms with Crippen LogP contribution < -0.4 is 5.73 Å². The Bertz CT molecular complexity index is 292. The van der Waals surface area contributed by atoms with E-state index in [1.165, 1.54) is 25.7 Å². The van der Waals surface area contributed by atoms with Gasteiger partial charge in [0.2, 0.25) is 0 Å². The van der Waals surface area contributed by atoms with Gasteiger partial charge >= 0.3 is 0 Å². The summed E-state index contributed by atoms with van der Waals surface area (Å²) in [7, 11) is 0. The maximum absolute atomic E-state index is 6.12. The third-order valence-electron chi connectivity index (χ3n) is 5.52. The molecule has 1 aliphatic heterocycles. The molecule has 20 heavy (non-hydrogen) atoms. The van der Waals surface area contributed by atoms with Gasteiger partial charge in [-0.2, -0.15) is 0 Å². The average molecular weight is 282 g/mol. The van der Waals surface area contributed by atoms with Gasteiger partial charge in [0.15, 0.2) is 0 Å². The highest BCUT2D eigenvalue weighted by atomic mass is 16.5. The summed E-state index contributed by atoms with van der Waals surface area (Å²) in [5, 5.41) is 0. The Morgan fingerprint density at radius 3 is 2.35 bits per heavy atom. The van der Waals surface area contributed by atoms with Crippen LogP contribution in [0.2, 0.25) is 0 Å². The predicted octanol–water partition coefficient (Wildman–Crippen LogP) is 2.89. The molecular formula is C17H34N2O. The first-order valence-electron chi connectivity index (χ1n) is 8.47. The van der Waals surface area contributed by atoms with Crippen molar-refractivity contribution >= 4 is 0 Å². The van der Waals surface area contributed by atoms with Crippen LogP contribution in [0, 0.1) is 17.3 Å². The fourth-order valence-corrected chi connectivity index (χ4v) is 4.16. The Morgan fingerprint density at radius 2 is 1.85 bits per heavy atom. The van der Waals surface area contributed by atoms with Gasteiger partial charge < -0.3 is 10.5 Å². The molecule has 1 saturated heterocycles. The molecule has 2 rings (SSSR count). The molecule has 0 bridgehead atoms. The van der Waals surface area contributed by atoms with E-state index in [9.17, 15) is 0 Å². The van der Waals surface area contributed by atoms with E-state index in [0.717, 1.165) is 38.1 Å². The van der Waals surface area contributed by atoms with Crippen molar-refractivity contribution in [2.75, 3.05) is 26.2 Å². The fourth-order valence-electron chi connectivity index (χ4n) is 4.16. The zero-order valence-electron chi connectivity index (χ0n) is 13.9. The molecule has 2 atom stereocenters. The number of nitrogens with zero attached hydrogens (tertiary/aromatic N) is 1. The Labute approximate surface area is 125 Å². The lowest BCUT2D eigenvalue weighted by molar-refractivity contribution is -0.0471. The molecule has 2 aliphatic rings. The number of nitrogens with two attached hydrogens (primary N) is 1. The van der Waals surface area contributed by atoms with Gasteiger partial charge in [0.05, 0.1) is 12.7 Å². The number of hydrogen-bond acceptors (Lipinski definition) is 3. The van der Waals surface area contributed by atoms with E-state index in [4.69, 9.17) is 10.5 Å². The third kappa shape index (κ3) is 3.96. The van der Waals surface area contributed by atoms with Crippen LogP contribution in [0.1, 0.15) is 53.4 Å². The summed E-state index contributed by atoms with van der Waals surface area (Å²) in [6.45, 7) is 13.1. The first-order chi connectivity index (χ1) is 9.41. The van der Waals surface area contributed by atoms with E-state index in [2.05, 4.69) is 32.6 Å². The lowest BCUT2D eigenvalue weighted by atomic mass is 9.68. The SMILES string of the molecule is CC1CN(C(CN)C2CCC(C(C)(C)C)CC2)CCO1. The molecular weight excluding hydrogens is 248 g/mol. The Morgan fingerprint density at radius 1 is 1.20 bits per heavy atom. The van der Waals surface area contributed by atoms with Crippen LogP contribution in [0.3, 0.4) is 0 Å². The number of morpholine rings is 1. The monoisotopic (exact) mass is 282 g/mol. The molecule has 1 aliphatic carbocycles. The summed E-state index contributed by atoms with van der Waals surface area (Å²) in [5.41, 5.74) is 6.59. The normalized spacial score (nSPS) is 35.0. The van der Waals surface area contributed by atoms with Crippen molar-refractivity contribution in [1.29, 1.82) is 0 Å². The number of hydrogen-bond donors (Lipinski definition) is 1. The van der Waals surface area contributed by atoms with Crippen LogP contribution in [-0.4, -0.2) is 43.3 Å². The largest absolute Gasteiger partial charge is 0.376 e. The standard InChI is InChI=1S/C17H34N2O/c1-13-12-19(9-10-20-13)16(11-18)14-5-7-15(8-6-14)17(2,3)4/h13-16H,5-12,18H2,1-4H3. The van der Waals surface area contributed by atoms with Crippen molar-refractivity contribution in [1.82, 2.24) is 4.90 Å². The van der Waals surface area contributed by atoms with Crippen molar-refractivity contribution in [3.63, 3.8) is 0 Å². The molecule has 0 aromatic heterocycles. The van der Waals surface area contributed by atoms with Gasteiger partial charge in [-0.3, -0.25) is 4.90 Å². The minimum atomic E-state index is 0.365. The molecule has 118 valence electrons. The maximum atomic E-state index is 6.12. The second kappa shape index (κ2) is 6.76. The van der Waals surface area contributed by atoms with Gasteiger partial charge in [-0.1, -0.05) is 20.8 Å². The average Bonchev–Trinajstić information content (AvgIpc) is 2.39. The first-order valence-corrected chi connectivity index (χ1v) is 8.47. The quantitative estimate of drug-likeness (QED) is 0.865. The van der Waals surface area contributed by atoms with Crippen molar-refractivity contribution in [2.24, 2.45) is 23.0 Å². The second-order valence-corrected chi connectivity index (χ2v) is 7.96. The van der Waals surface area contributed by atoms with E-state index in [0.29, 0.717) is 17.6 Å². The Hall–Kier alpha value is -0.120. The predicted molar refractivity (Wildman–Crippen MR) is 84.7 cm³/mol. The molecule has 0 aromatic rings. The Kier molecular flexibility index (Phi) is 5.49. The molecule has 0 radical (unpaired) electrons. The molecule has 3 nitrogen and oxygen atoms in total. The Balaban J connectivity index is 1.90. The molecule has 3 heteroatoms. The summed E-state index contributed by atoms with van der Waals surface area (Å²) in [5.74, 6) is 1.68. The molecule has 0 amide bonds. The minimum Gasteiger partial charge on any atom is -0.376 e. The second-order valence-electron chi connectivity index (χ2n) is 7.96. The minimum absolute atomic E-state index is 0.365. The smallest absolute Gasteiger partial charge is 0.0674 e. The van der Waals surface area contributed by atoms with Crippen molar-refractivity contribution < 1.29 is 4.74 Å². The third-order valence-corrected chi connectivity index (χ3v) is 5.52. The van der Waals surface area contributed by atoms with Crippen molar-refractivity contribution in [3.8, 4) is 0 Å². The highest BCUT2D eigenvalue weighted by Gasteiger charge is 2.35. The molecule has 2 N–H and O–H groups in total. The molecule has 2 unspecified atom stereocenters. The lowest BCUT2D eigenvalue weighted by Gasteiger charge is -2.44. The summed E-state index contributed by atoms with van der Waals surface area (Å²) < 4.78 is 5.67. The molecule has 0 aromatic carbocycles. The van der Waals surface area contributed by atoms with E-state index in [1.807, 2.05) is 0 Å². The summed E-state index contributed by atoms with van der Waals surface area (Å²) in [6, 6.07) is 0.572. The lowest BCUT2D eigenvalue weighted by Crippen LogP contribution is -2.53. The van der Waals surface area contributed by atoms with Crippen LogP contribution in [-0.2, 0) is 4.74 Å². The van der Waals surface area contributed by atoms with Gasteiger partial charge in [0.1, 0.15) is 0 Å². The summed E-state index contributed by atoms with van der Waals surface area (Å²) in [4.78, 5) is 2.59. The van der Waals surface area contributed by atoms with Crippen LogP contribution in [0.4, 0.5) is 0 Å². The zero-order valence-corrected chi connectivity index (χ0v) is 13.9. The van der Waals surface area contributed by atoms with Gasteiger partial charge in [0.25, 0.3) is 0 Å². The van der Waals surface area contributed by atoms with Gasteiger partial charge in [-0.25, -0.2) is 0 Å². The number of ether oxygens (including phenoxy) is 1. The van der Waals surface area contributed by atoms with Crippen LogP contribution in [0.5, 0.6) is 0 Å². The maximum Gasteiger partial charge on any atom is 0.0674 e. The van der Waals surface area contributed by atoms with Crippen molar-refractivity contribution in [3.05, 3.63) is 0 Å². The van der Waals surface area contributed by atoms with Gasteiger partial charge in [-0.05, 0) is 49.9 Å². The first kappa shape index (κ1) is 16.3.